The van der Waals surface area contributed by atoms with Gasteiger partial charge in [-0.1, -0.05) is 35.9 Å². The van der Waals surface area contributed by atoms with E-state index in [0.29, 0.717) is 11.3 Å². The molecule has 1 saturated heterocycles. The number of imide groups is 1. The standard InChI is InChI=1S/C27H25NO7S2/c1-4-34-24-15-19(8-13-23(24)35-37(31,32)22-11-9-21(33-3)10-12-22)16-25-26(29)28(27(30)36-25)17-20-7-5-6-18(2)14-20/h5-16H,4,17H2,1-3H3/b25-16-. The van der Waals surface area contributed by atoms with Crippen LogP contribution in [0.1, 0.15) is 23.6 Å². The van der Waals surface area contributed by atoms with Crippen LogP contribution in [-0.4, -0.2) is 38.2 Å². The van der Waals surface area contributed by atoms with Crippen molar-refractivity contribution in [3.63, 3.8) is 0 Å². The number of rotatable bonds is 9. The van der Waals surface area contributed by atoms with Crippen molar-refractivity contribution in [2.45, 2.75) is 25.3 Å². The molecule has 0 aromatic heterocycles. The molecule has 1 fully saturated rings. The number of methoxy groups -OCH3 is 1. The number of aryl methyl sites for hydroxylation is 1. The highest BCUT2D eigenvalue weighted by molar-refractivity contribution is 8.18. The molecule has 4 rings (SSSR count). The third-order valence-corrected chi connectivity index (χ3v) is 7.57. The molecule has 192 valence electrons. The van der Waals surface area contributed by atoms with Gasteiger partial charge in [-0.3, -0.25) is 14.5 Å². The van der Waals surface area contributed by atoms with Crippen LogP contribution in [0.3, 0.4) is 0 Å². The van der Waals surface area contributed by atoms with Gasteiger partial charge in [0.1, 0.15) is 10.6 Å². The van der Waals surface area contributed by atoms with Gasteiger partial charge in [0.05, 0.1) is 25.2 Å². The number of nitrogens with zero attached hydrogens (tertiary/aromatic N) is 1. The Morgan fingerprint density at radius 3 is 2.41 bits per heavy atom. The summed E-state index contributed by atoms with van der Waals surface area (Å²) in [7, 11) is -2.64. The van der Waals surface area contributed by atoms with E-state index in [1.54, 1.807) is 25.1 Å². The SMILES string of the molecule is CCOc1cc(/C=C2\SC(=O)N(Cc3cccc(C)c3)C2=O)ccc1OS(=O)(=O)c1ccc(OC)cc1. The van der Waals surface area contributed by atoms with Gasteiger partial charge in [0.25, 0.3) is 11.1 Å². The molecule has 1 aliphatic rings. The van der Waals surface area contributed by atoms with Gasteiger partial charge in [-0.05, 0) is 79.2 Å². The summed E-state index contributed by atoms with van der Waals surface area (Å²) in [4.78, 5) is 26.9. The zero-order chi connectivity index (χ0) is 26.6. The number of thioether (sulfide) groups is 1. The van der Waals surface area contributed by atoms with Crippen LogP contribution in [0.4, 0.5) is 4.79 Å². The molecule has 0 N–H and O–H groups in total. The van der Waals surface area contributed by atoms with Crippen molar-refractivity contribution < 1.29 is 31.7 Å². The van der Waals surface area contributed by atoms with Crippen molar-refractivity contribution in [2.24, 2.45) is 0 Å². The van der Waals surface area contributed by atoms with E-state index in [1.165, 1.54) is 42.3 Å². The molecule has 0 unspecified atom stereocenters. The molecule has 0 spiro atoms. The second-order valence-electron chi connectivity index (χ2n) is 8.11. The molecule has 0 aliphatic carbocycles. The van der Waals surface area contributed by atoms with E-state index in [2.05, 4.69) is 0 Å². The molecular formula is C27H25NO7S2. The number of ether oxygens (including phenoxy) is 2. The third-order valence-electron chi connectivity index (χ3n) is 5.41. The maximum absolute atomic E-state index is 12.9. The fourth-order valence-corrected chi connectivity index (χ4v) is 5.42. The van der Waals surface area contributed by atoms with E-state index in [1.807, 2.05) is 31.2 Å². The Morgan fingerprint density at radius 1 is 0.973 bits per heavy atom. The molecule has 0 atom stereocenters. The van der Waals surface area contributed by atoms with Gasteiger partial charge in [-0.25, -0.2) is 0 Å². The van der Waals surface area contributed by atoms with Crippen molar-refractivity contribution in [1.29, 1.82) is 0 Å². The molecule has 3 aromatic carbocycles. The van der Waals surface area contributed by atoms with Crippen molar-refractivity contribution in [1.82, 2.24) is 4.90 Å². The van der Waals surface area contributed by atoms with Crippen LogP contribution in [0.15, 0.2) is 76.5 Å². The first-order chi connectivity index (χ1) is 17.7. The molecule has 0 radical (unpaired) electrons. The Hall–Kier alpha value is -3.76. The van der Waals surface area contributed by atoms with Crippen LogP contribution in [0.5, 0.6) is 17.2 Å². The van der Waals surface area contributed by atoms with E-state index < -0.39 is 16.0 Å². The highest BCUT2D eigenvalue weighted by Gasteiger charge is 2.35. The fraction of sp³-hybridized carbons (Fsp3) is 0.185. The molecule has 1 aliphatic heterocycles. The molecule has 1 heterocycles. The van der Waals surface area contributed by atoms with Gasteiger partial charge >= 0.3 is 10.1 Å². The summed E-state index contributed by atoms with van der Waals surface area (Å²) in [6.07, 6.45) is 1.57. The van der Waals surface area contributed by atoms with Gasteiger partial charge in [0, 0.05) is 0 Å². The van der Waals surface area contributed by atoms with Crippen molar-refractivity contribution in [3.05, 3.63) is 88.3 Å². The molecule has 0 bridgehead atoms. The van der Waals surface area contributed by atoms with Crippen LogP contribution in [0, 0.1) is 6.92 Å². The minimum atomic E-state index is -4.13. The van der Waals surface area contributed by atoms with E-state index in [9.17, 15) is 18.0 Å². The summed E-state index contributed by atoms with van der Waals surface area (Å²) in [5, 5.41) is -0.353. The predicted octanol–water partition coefficient (Wildman–Crippen LogP) is 5.41. The Kier molecular flexibility index (Phi) is 7.89. The van der Waals surface area contributed by atoms with Gasteiger partial charge in [0.15, 0.2) is 11.5 Å². The van der Waals surface area contributed by atoms with Crippen LogP contribution in [0.2, 0.25) is 0 Å². The second kappa shape index (κ2) is 11.1. The lowest BCUT2D eigenvalue weighted by Crippen LogP contribution is -2.27. The molecule has 10 heteroatoms. The third kappa shape index (κ3) is 6.15. The van der Waals surface area contributed by atoms with E-state index in [0.717, 1.165) is 22.9 Å². The number of carbonyl (C=O) groups excluding carboxylic acids is 2. The molecule has 0 saturated carbocycles. The average Bonchev–Trinajstić information content (AvgIpc) is 3.13. The van der Waals surface area contributed by atoms with Crippen molar-refractivity contribution >= 4 is 39.1 Å². The Morgan fingerprint density at radius 2 is 1.73 bits per heavy atom. The maximum Gasteiger partial charge on any atom is 0.339 e. The molecule has 8 nitrogen and oxygen atoms in total. The van der Waals surface area contributed by atoms with E-state index in [-0.39, 0.29) is 39.7 Å². The first-order valence-corrected chi connectivity index (χ1v) is 13.6. The van der Waals surface area contributed by atoms with Crippen molar-refractivity contribution in [2.75, 3.05) is 13.7 Å². The zero-order valence-corrected chi connectivity index (χ0v) is 22.1. The van der Waals surface area contributed by atoms with Crippen LogP contribution in [0.25, 0.3) is 6.08 Å². The van der Waals surface area contributed by atoms with E-state index >= 15 is 0 Å². The molecule has 37 heavy (non-hydrogen) atoms. The lowest BCUT2D eigenvalue weighted by atomic mass is 10.1. The first-order valence-electron chi connectivity index (χ1n) is 11.4. The summed E-state index contributed by atoms with van der Waals surface area (Å²) in [5.41, 5.74) is 2.46. The number of benzene rings is 3. The van der Waals surface area contributed by atoms with Crippen LogP contribution >= 0.6 is 11.8 Å². The van der Waals surface area contributed by atoms with Gasteiger partial charge in [-0.2, -0.15) is 8.42 Å². The maximum atomic E-state index is 12.9. The topological polar surface area (TPSA) is 99.2 Å². The zero-order valence-electron chi connectivity index (χ0n) is 20.5. The Bertz CT molecular complexity index is 1460. The fourth-order valence-electron chi connectivity index (χ4n) is 3.64. The summed E-state index contributed by atoms with van der Waals surface area (Å²) in [6, 6.07) is 18.1. The highest BCUT2D eigenvalue weighted by atomic mass is 32.2. The molecule has 2 amide bonds. The minimum absolute atomic E-state index is 0.00219. The van der Waals surface area contributed by atoms with Gasteiger partial charge < -0.3 is 13.7 Å². The van der Waals surface area contributed by atoms with Crippen LogP contribution in [-0.2, 0) is 21.5 Å². The average molecular weight is 540 g/mol. The van der Waals surface area contributed by atoms with Crippen LogP contribution < -0.4 is 13.7 Å². The normalized spacial score (nSPS) is 14.8. The lowest BCUT2D eigenvalue weighted by Gasteiger charge is -2.13. The number of amides is 2. The Labute approximate surface area is 220 Å². The van der Waals surface area contributed by atoms with E-state index in [4.69, 9.17) is 13.7 Å². The second-order valence-corrected chi connectivity index (χ2v) is 10.6. The molecular weight excluding hydrogens is 514 g/mol. The lowest BCUT2D eigenvalue weighted by molar-refractivity contribution is -0.123. The summed E-state index contributed by atoms with van der Waals surface area (Å²) < 4.78 is 41.6. The monoisotopic (exact) mass is 539 g/mol. The highest BCUT2D eigenvalue weighted by Crippen LogP contribution is 2.36. The van der Waals surface area contributed by atoms with Gasteiger partial charge in [0.2, 0.25) is 0 Å². The number of hydrogen-bond donors (Lipinski definition) is 0. The number of hydrogen-bond acceptors (Lipinski definition) is 8. The summed E-state index contributed by atoms with van der Waals surface area (Å²) in [5.74, 6) is 0.313. The quantitative estimate of drug-likeness (QED) is 0.263. The molecule has 3 aromatic rings. The largest absolute Gasteiger partial charge is 0.497 e. The first kappa shape index (κ1) is 26.3. The number of carbonyl (C=O) groups is 2. The van der Waals surface area contributed by atoms with Gasteiger partial charge in [-0.15, -0.1) is 0 Å². The smallest absolute Gasteiger partial charge is 0.339 e. The summed E-state index contributed by atoms with van der Waals surface area (Å²) in [6.45, 7) is 4.15. The minimum Gasteiger partial charge on any atom is -0.497 e. The Balaban J connectivity index is 1.56. The van der Waals surface area contributed by atoms with Crippen molar-refractivity contribution in [3.8, 4) is 17.2 Å². The summed E-state index contributed by atoms with van der Waals surface area (Å²) >= 11 is 0.854. The predicted molar refractivity (Wildman–Crippen MR) is 141 cm³/mol.